The van der Waals surface area contributed by atoms with Crippen LogP contribution in [-0.2, 0) is 0 Å². The zero-order chi connectivity index (χ0) is 27.4. The monoisotopic (exact) mass is 528 g/mol. The van der Waals surface area contributed by atoms with Crippen molar-refractivity contribution < 1.29 is 14.3 Å². The molecule has 0 radical (unpaired) electrons. The number of aromatic nitrogens is 4. The summed E-state index contributed by atoms with van der Waals surface area (Å²) in [7, 11) is 1.45. The molecule has 1 fully saturated rings. The minimum Gasteiger partial charge on any atom is -0.495 e. The summed E-state index contributed by atoms with van der Waals surface area (Å²) >= 11 is 0. The van der Waals surface area contributed by atoms with Crippen molar-refractivity contribution in [1.82, 2.24) is 24.4 Å². The molecule has 11 heteroatoms. The van der Waals surface area contributed by atoms with Gasteiger partial charge in [-0.25, -0.2) is 19.3 Å². The second kappa shape index (κ2) is 11.2. The number of piperazine rings is 1. The number of nitrogens with zero attached hydrogens (tertiary/aromatic N) is 5. The SMILES string of the molecule is CCOc1ccc(-c2cc(N3CCN(C(=O)c4c[nH]c(=O)n(-c5ccccc5OC)c4=O)CC3)ncn2)cc1. The highest BCUT2D eigenvalue weighted by Crippen LogP contribution is 2.24. The molecular weight excluding hydrogens is 500 g/mol. The van der Waals surface area contributed by atoms with Crippen molar-refractivity contribution in [2.75, 3.05) is 44.8 Å². The van der Waals surface area contributed by atoms with Gasteiger partial charge in [-0.05, 0) is 43.3 Å². The minimum atomic E-state index is -0.702. The third kappa shape index (κ3) is 5.24. The van der Waals surface area contributed by atoms with E-state index in [-0.39, 0.29) is 11.3 Å². The molecule has 2 aromatic heterocycles. The summed E-state index contributed by atoms with van der Waals surface area (Å²) in [4.78, 5) is 54.2. The fraction of sp³-hybridized carbons (Fsp3) is 0.250. The van der Waals surface area contributed by atoms with Crippen LogP contribution in [0.25, 0.3) is 16.9 Å². The van der Waals surface area contributed by atoms with Crippen LogP contribution in [0.1, 0.15) is 17.3 Å². The summed E-state index contributed by atoms with van der Waals surface area (Å²) in [5.74, 6) is 1.45. The Morgan fingerprint density at radius 2 is 1.74 bits per heavy atom. The van der Waals surface area contributed by atoms with Crippen LogP contribution < -0.4 is 25.6 Å². The van der Waals surface area contributed by atoms with Gasteiger partial charge in [0.05, 0.1) is 25.1 Å². The molecule has 1 aliphatic rings. The van der Waals surface area contributed by atoms with E-state index in [9.17, 15) is 14.4 Å². The number of ether oxygens (including phenoxy) is 2. The first-order valence-corrected chi connectivity index (χ1v) is 12.6. The molecule has 2 aromatic carbocycles. The van der Waals surface area contributed by atoms with E-state index in [1.807, 2.05) is 37.3 Å². The van der Waals surface area contributed by atoms with Gasteiger partial charge < -0.3 is 24.3 Å². The molecule has 0 bridgehead atoms. The van der Waals surface area contributed by atoms with Crippen LogP contribution in [-0.4, -0.2) is 70.2 Å². The number of para-hydroxylation sites is 2. The maximum absolute atomic E-state index is 13.3. The summed E-state index contributed by atoms with van der Waals surface area (Å²) in [6.45, 7) is 4.36. The first-order chi connectivity index (χ1) is 19.0. The van der Waals surface area contributed by atoms with Gasteiger partial charge in [0.1, 0.15) is 29.2 Å². The van der Waals surface area contributed by atoms with Gasteiger partial charge >= 0.3 is 5.69 Å². The van der Waals surface area contributed by atoms with E-state index < -0.39 is 17.2 Å². The number of nitrogens with one attached hydrogen (secondary N) is 1. The van der Waals surface area contributed by atoms with Crippen LogP contribution in [0.3, 0.4) is 0 Å². The van der Waals surface area contributed by atoms with Crippen molar-refractivity contribution in [3.63, 3.8) is 0 Å². The van der Waals surface area contributed by atoms with Crippen LogP contribution in [0.2, 0.25) is 0 Å². The molecule has 0 unspecified atom stereocenters. The molecule has 0 saturated carbocycles. The number of H-pyrrole nitrogens is 1. The summed E-state index contributed by atoms with van der Waals surface area (Å²) in [6.07, 6.45) is 2.71. The number of carbonyl (C=O) groups excluding carboxylic acids is 1. The molecule has 0 atom stereocenters. The van der Waals surface area contributed by atoms with Gasteiger partial charge in [0.25, 0.3) is 11.5 Å². The number of methoxy groups -OCH3 is 1. The lowest BCUT2D eigenvalue weighted by atomic mass is 10.1. The Morgan fingerprint density at radius 1 is 1.00 bits per heavy atom. The van der Waals surface area contributed by atoms with Crippen LogP contribution in [0.15, 0.2) is 76.7 Å². The standard InChI is InChI=1S/C28H28N6O5/c1-3-39-20-10-8-19(9-11-20)22-16-25(31-18-30-22)32-12-14-33(15-13-32)26(35)21-17-29-28(37)34(27(21)36)23-6-4-5-7-24(23)38-2/h4-11,16-18H,3,12-15H2,1-2H3,(H,29,37). The highest BCUT2D eigenvalue weighted by Gasteiger charge is 2.26. The number of benzene rings is 2. The number of hydrogen-bond acceptors (Lipinski definition) is 8. The average Bonchev–Trinajstić information content (AvgIpc) is 2.98. The topological polar surface area (TPSA) is 123 Å². The molecule has 4 aromatic rings. The van der Waals surface area contributed by atoms with E-state index >= 15 is 0 Å². The number of hydrogen-bond donors (Lipinski definition) is 1. The maximum Gasteiger partial charge on any atom is 0.333 e. The normalized spacial score (nSPS) is 13.3. The Bertz CT molecular complexity index is 1590. The van der Waals surface area contributed by atoms with Gasteiger partial charge in [0.15, 0.2) is 0 Å². The predicted molar refractivity (Wildman–Crippen MR) is 146 cm³/mol. The molecule has 1 saturated heterocycles. The minimum absolute atomic E-state index is 0.117. The Morgan fingerprint density at radius 3 is 2.46 bits per heavy atom. The molecule has 5 rings (SSSR count). The Hall–Kier alpha value is -4.93. The van der Waals surface area contributed by atoms with Gasteiger partial charge in [0, 0.05) is 44.0 Å². The zero-order valence-corrected chi connectivity index (χ0v) is 21.7. The zero-order valence-electron chi connectivity index (χ0n) is 21.7. The first kappa shape index (κ1) is 25.7. The lowest BCUT2D eigenvalue weighted by molar-refractivity contribution is 0.0743. The van der Waals surface area contributed by atoms with Gasteiger partial charge in [-0.3, -0.25) is 9.59 Å². The van der Waals surface area contributed by atoms with Crippen LogP contribution in [0.4, 0.5) is 5.82 Å². The highest BCUT2D eigenvalue weighted by molar-refractivity contribution is 5.93. The number of carbonyl (C=O) groups is 1. The van der Waals surface area contributed by atoms with E-state index in [4.69, 9.17) is 9.47 Å². The third-order valence-electron chi connectivity index (χ3n) is 6.54. The second-order valence-electron chi connectivity index (χ2n) is 8.82. The number of amides is 1. The van der Waals surface area contributed by atoms with Crippen molar-refractivity contribution in [1.29, 1.82) is 0 Å². The van der Waals surface area contributed by atoms with E-state index in [1.165, 1.54) is 19.6 Å². The van der Waals surface area contributed by atoms with Gasteiger partial charge in [0.2, 0.25) is 0 Å². The van der Waals surface area contributed by atoms with E-state index in [0.29, 0.717) is 38.5 Å². The molecule has 39 heavy (non-hydrogen) atoms. The van der Waals surface area contributed by atoms with E-state index in [0.717, 1.165) is 27.4 Å². The maximum atomic E-state index is 13.3. The molecular formula is C28H28N6O5. The van der Waals surface area contributed by atoms with Crippen molar-refractivity contribution >= 4 is 11.7 Å². The second-order valence-corrected chi connectivity index (χ2v) is 8.82. The quantitative estimate of drug-likeness (QED) is 0.388. The van der Waals surface area contributed by atoms with Gasteiger partial charge in [-0.1, -0.05) is 12.1 Å². The molecule has 3 heterocycles. The fourth-order valence-electron chi connectivity index (χ4n) is 4.53. The lowest BCUT2D eigenvalue weighted by Gasteiger charge is -2.35. The van der Waals surface area contributed by atoms with Crippen LogP contribution >= 0.6 is 0 Å². The highest BCUT2D eigenvalue weighted by atomic mass is 16.5. The van der Waals surface area contributed by atoms with Crippen molar-refractivity contribution in [3.8, 4) is 28.4 Å². The van der Waals surface area contributed by atoms with E-state index in [1.54, 1.807) is 29.2 Å². The van der Waals surface area contributed by atoms with Crippen molar-refractivity contribution in [3.05, 3.63) is 93.5 Å². The van der Waals surface area contributed by atoms with Crippen LogP contribution in [0, 0.1) is 0 Å². The molecule has 0 spiro atoms. The smallest absolute Gasteiger partial charge is 0.333 e. The summed E-state index contributed by atoms with van der Waals surface area (Å²) in [6, 6.07) is 16.3. The molecule has 1 amide bonds. The van der Waals surface area contributed by atoms with Crippen molar-refractivity contribution in [2.45, 2.75) is 6.92 Å². The van der Waals surface area contributed by atoms with Gasteiger partial charge in [-0.15, -0.1) is 0 Å². The van der Waals surface area contributed by atoms with E-state index in [2.05, 4.69) is 19.9 Å². The Balaban J connectivity index is 1.31. The summed E-state index contributed by atoms with van der Waals surface area (Å²) in [5.41, 5.74) is 0.517. The fourth-order valence-corrected chi connectivity index (χ4v) is 4.53. The summed E-state index contributed by atoms with van der Waals surface area (Å²) < 4.78 is 11.7. The predicted octanol–water partition coefficient (Wildman–Crippen LogP) is 2.35. The molecule has 11 nitrogen and oxygen atoms in total. The third-order valence-corrected chi connectivity index (χ3v) is 6.54. The molecule has 200 valence electrons. The molecule has 0 aliphatic carbocycles. The Labute approximate surface area is 224 Å². The van der Waals surface area contributed by atoms with Crippen LogP contribution in [0.5, 0.6) is 11.5 Å². The van der Waals surface area contributed by atoms with Crippen molar-refractivity contribution in [2.24, 2.45) is 0 Å². The lowest BCUT2D eigenvalue weighted by Crippen LogP contribution is -2.50. The van der Waals surface area contributed by atoms with Gasteiger partial charge in [-0.2, -0.15) is 0 Å². The molecule has 1 N–H and O–H groups in total. The largest absolute Gasteiger partial charge is 0.495 e. The average molecular weight is 529 g/mol. The number of rotatable bonds is 7. The summed E-state index contributed by atoms with van der Waals surface area (Å²) in [5, 5.41) is 0. The molecule has 1 aliphatic heterocycles. The number of anilines is 1. The Kier molecular flexibility index (Phi) is 7.39. The number of aromatic amines is 1. The first-order valence-electron chi connectivity index (χ1n) is 12.6.